The summed E-state index contributed by atoms with van der Waals surface area (Å²) in [4.78, 5) is 15.4. The number of carbonyl (C=O) groups excluding carboxylic acids is 1. The van der Waals surface area contributed by atoms with E-state index >= 15 is 0 Å². The highest BCUT2D eigenvalue weighted by atomic mass is 16.3. The van der Waals surface area contributed by atoms with E-state index in [9.17, 15) is 9.90 Å². The zero-order valence-corrected chi connectivity index (χ0v) is 16.4. The highest BCUT2D eigenvalue weighted by Gasteiger charge is 2.66. The number of phenols is 1. The maximum atomic E-state index is 12.7. The van der Waals surface area contributed by atoms with Gasteiger partial charge in [0.2, 0.25) is 0 Å². The first-order valence-corrected chi connectivity index (χ1v) is 10.5. The molecular weight excluding hydrogens is 348 g/mol. The summed E-state index contributed by atoms with van der Waals surface area (Å²) < 4.78 is 0. The van der Waals surface area contributed by atoms with Crippen LogP contribution in [0.4, 0.5) is 0 Å². The van der Waals surface area contributed by atoms with Crippen molar-refractivity contribution in [3.05, 3.63) is 65.2 Å². The molecule has 0 radical (unpaired) electrons. The van der Waals surface area contributed by atoms with Gasteiger partial charge in [0, 0.05) is 30.1 Å². The Balaban J connectivity index is 1.28. The number of rotatable bonds is 4. The normalized spacial score (nSPS) is 31.1. The number of amides is 1. The van der Waals surface area contributed by atoms with Crippen molar-refractivity contribution in [2.45, 2.75) is 63.7 Å². The van der Waals surface area contributed by atoms with Crippen LogP contribution in [0.5, 0.6) is 5.75 Å². The number of nitrogens with one attached hydrogen (secondary N) is 1. The van der Waals surface area contributed by atoms with Crippen molar-refractivity contribution < 1.29 is 9.90 Å². The van der Waals surface area contributed by atoms with Gasteiger partial charge in [-0.15, -0.1) is 0 Å². The summed E-state index contributed by atoms with van der Waals surface area (Å²) in [6.07, 6.45) is 5.93. The van der Waals surface area contributed by atoms with E-state index in [4.69, 9.17) is 0 Å². The van der Waals surface area contributed by atoms with Crippen LogP contribution in [0.1, 0.15) is 53.6 Å². The fraction of sp³-hybridized carbons (Fsp3) is 0.458. The van der Waals surface area contributed by atoms with Crippen molar-refractivity contribution in [3.63, 3.8) is 0 Å². The Kier molecular flexibility index (Phi) is 4.20. The average Bonchev–Trinajstić information content (AvgIpc) is 2.69. The van der Waals surface area contributed by atoms with Crippen molar-refractivity contribution in [2.24, 2.45) is 5.41 Å². The Labute approximate surface area is 166 Å². The van der Waals surface area contributed by atoms with E-state index < -0.39 is 0 Å². The number of hydrogen-bond acceptors (Lipinski definition) is 3. The first-order valence-electron chi connectivity index (χ1n) is 10.5. The number of phenolic OH excluding ortho intramolecular Hbond substituents is 1. The molecule has 4 heteroatoms. The molecule has 0 bridgehead atoms. The molecule has 146 valence electrons. The molecule has 3 aliphatic rings. The summed E-state index contributed by atoms with van der Waals surface area (Å²) in [6.45, 7) is 2.95. The SMILES string of the molecule is Cc1ccc(O)c(C(=O)N[C@@H]2CCC34CCC3N(Cc3ccccc3)C4C2)c1. The van der Waals surface area contributed by atoms with Gasteiger partial charge in [-0.1, -0.05) is 42.0 Å². The first kappa shape index (κ1) is 17.7. The molecule has 2 N–H and O–H groups in total. The number of carbonyl (C=O) groups is 1. The van der Waals surface area contributed by atoms with Gasteiger partial charge < -0.3 is 10.4 Å². The number of nitrogens with zero attached hydrogens (tertiary/aromatic N) is 1. The minimum Gasteiger partial charge on any atom is -0.507 e. The number of hydrogen-bond donors (Lipinski definition) is 2. The van der Waals surface area contributed by atoms with Gasteiger partial charge in [0.05, 0.1) is 5.56 Å². The number of likely N-dealkylation sites (tertiary alicyclic amines) is 1. The molecule has 1 saturated heterocycles. The van der Waals surface area contributed by atoms with Crippen LogP contribution in [0.3, 0.4) is 0 Å². The Hall–Kier alpha value is -2.33. The monoisotopic (exact) mass is 376 g/mol. The second-order valence-corrected chi connectivity index (χ2v) is 8.93. The van der Waals surface area contributed by atoms with Crippen molar-refractivity contribution in [2.75, 3.05) is 0 Å². The summed E-state index contributed by atoms with van der Waals surface area (Å²) in [7, 11) is 0. The van der Waals surface area contributed by atoms with Gasteiger partial charge in [0.25, 0.3) is 5.91 Å². The van der Waals surface area contributed by atoms with Gasteiger partial charge in [-0.2, -0.15) is 0 Å². The van der Waals surface area contributed by atoms with Crippen LogP contribution in [-0.2, 0) is 6.54 Å². The fourth-order valence-electron chi connectivity index (χ4n) is 5.89. The first-order chi connectivity index (χ1) is 13.6. The minimum absolute atomic E-state index is 0.0591. The smallest absolute Gasteiger partial charge is 0.255 e. The summed E-state index contributed by atoms with van der Waals surface area (Å²) in [5.41, 5.74) is 3.24. The molecule has 2 aliphatic carbocycles. The van der Waals surface area contributed by atoms with E-state index in [-0.39, 0.29) is 17.7 Å². The maximum Gasteiger partial charge on any atom is 0.255 e. The average molecular weight is 377 g/mol. The van der Waals surface area contributed by atoms with Crippen LogP contribution in [0.2, 0.25) is 0 Å². The van der Waals surface area contributed by atoms with Gasteiger partial charge in [0.1, 0.15) is 5.75 Å². The number of benzene rings is 2. The number of piperidine rings is 1. The zero-order valence-electron chi connectivity index (χ0n) is 16.4. The molecule has 1 aliphatic heterocycles. The molecule has 28 heavy (non-hydrogen) atoms. The van der Waals surface area contributed by atoms with Gasteiger partial charge >= 0.3 is 0 Å². The molecule has 4 atom stereocenters. The molecule has 1 heterocycles. The Morgan fingerprint density at radius 2 is 1.93 bits per heavy atom. The summed E-state index contributed by atoms with van der Waals surface area (Å²) >= 11 is 0. The third kappa shape index (κ3) is 2.74. The third-order valence-electron chi connectivity index (χ3n) is 7.42. The van der Waals surface area contributed by atoms with E-state index in [1.807, 2.05) is 13.0 Å². The van der Waals surface area contributed by atoms with Gasteiger partial charge in [-0.3, -0.25) is 9.69 Å². The standard InChI is InChI=1S/C24H28N2O2/c1-16-7-8-20(27)19(13-16)23(28)25-18-9-11-24-12-10-21(24)26(22(24)14-18)15-17-5-3-2-4-6-17/h2-8,13,18,21-22,27H,9-12,14-15H2,1H3,(H,25,28)/t18-,21?,22?,24?/m1/s1. The van der Waals surface area contributed by atoms with Crippen LogP contribution in [0.15, 0.2) is 48.5 Å². The lowest BCUT2D eigenvalue weighted by atomic mass is 9.47. The molecular formula is C24H28N2O2. The molecule has 2 aromatic carbocycles. The molecule has 3 unspecified atom stereocenters. The van der Waals surface area contributed by atoms with Gasteiger partial charge in [0.15, 0.2) is 0 Å². The fourth-order valence-corrected chi connectivity index (χ4v) is 5.89. The summed E-state index contributed by atoms with van der Waals surface area (Å²) in [6, 6.07) is 17.4. The Morgan fingerprint density at radius 3 is 2.68 bits per heavy atom. The lowest BCUT2D eigenvalue weighted by Crippen LogP contribution is -2.78. The number of aryl methyl sites for hydroxylation is 1. The van der Waals surface area contributed by atoms with E-state index in [0.29, 0.717) is 17.0 Å². The second kappa shape index (κ2) is 6.63. The second-order valence-electron chi connectivity index (χ2n) is 8.93. The molecule has 1 spiro atoms. The van der Waals surface area contributed by atoms with Crippen molar-refractivity contribution in [1.82, 2.24) is 10.2 Å². The van der Waals surface area contributed by atoms with Crippen LogP contribution >= 0.6 is 0 Å². The van der Waals surface area contributed by atoms with Crippen LogP contribution in [0.25, 0.3) is 0 Å². The molecule has 3 fully saturated rings. The molecule has 2 aromatic rings. The Morgan fingerprint density at radius 1 is 1.14 bits per heavy atom. The minimum atomic E-state index is -0.152. The summed E-state index contributed by atoms with van der Waals surface area (Å²) in [5, 5.41) is 13.3. The predicted molar refractivity (Wildman–Crippen MR) is 109 cm³/mol. The van der Waals surface area contributed by atoms with Gasteiger partial charge in [-0.25, -0.2) is 0 Å². The highest BCUT2D eigenvalue weighted by Crippen LogP contribution is 2.64. The summed E-state index contributed by atoms with van der Waals surface area (Å²) in [5.74, 6) is -0.0926. The third-order valence-corrected chi connectivity index (χ3v) is 7.42. The van der Waals surface area contributed by atoms with Crippen LogP contribution < -0.4 is 5.32 Å². The molecule has 5 rings (SSSR count). The van der Waals surface area contributed by atoms with Gasteiger partial charge in [-0.05, 0) is 56.7 Å². The lowest BCUT2D eigenvalue weighted by molar-refractivity contribution is -0.231. The van der Waals surface area contributed by atoms with Crippen LogP contribution in [0, 0.1) is 12.3 Å². The quantitative estimate of drug-likeness (QED) is 0.848. The van der Waals surface area contributed by atoms with Crippen LogP contribution in [-0.4, -0.2) is 34.0 Å². The predicted octanol–water partition coefficient (Wildman–Crippen LogP) is 4.02. The van der Waals surface area contributed by atoms with Crippen molar-refractivity contribution in [3.8, 4) is 5.75 Å². The highest BCUT2D eigenvalue weighted by molar-refractivity contribution is 5.97. The van der Waals surface area contributed by atoms with Crippen molar-refractivity contribution in [1.29, 1.82) is 0 Å². The molecule has 4 nitrogen and oxygen atoms in total. The van der Waals surface area contributed by atoms with E-state index in [0.717, 1.165) is 31.0 Å². The molecule has 0 aromatic heterocycles. The maximum absolute atomic E-state index is 12.7. The topological polar surface area (TPSA) is 52.6 Å². The van der Waals surface area contributed by atoms with E-state index in [1.54, 1.807) is 12.1 Å². The largest absolute Gasteiger partial charge is 0.507 e. The Bertz CT molecular complexity index is 897. The molecule has 2 saturated carbocycles. The zero-order chi connectivity index (χ0) is 19.3. The van der Waals surface area contributed by atoms with E-state index in [2.05, 4.69) is 40.5 Å². The lowest BCUT2D eigenvalue weighted by Gasteiger charge is -2.73. The van der Waals surface area contributed by atoms with Crippen molar-refractivity contribution >= 4 is 5.91 Å². The van der Waals surface area contributed by atoms with E-state index in [1.165, 1.54) is 24.8 Å². The number of aromatic hydroxyl groups is 1. The molecule has 1 amide bonds.